The average Bonchev–Trinajstić information content (AvgIpc) is 3.22. The maximum atomic E-state index is 13.1. The lowest BCUT2D eigenvalue weighted by Crippen LogP contribution is -2.38. The summed E-state index contributed by atoms with van der Waals surface area (Å²) in [5, 5.41) is 3.34. The minimum Gasteiger partial charge on any atom is -0.495 e. The lowest BCUT2D eigenvalue weighted by Gasteiger charge is -2.24. The highest BCUT2D eigenvalue weighted by Crippen LogP contribution is 2.36. The number of fused-ring (bicyclic) bond motifs is 3. The number of hydrogen-bond acceptors (Lipinski definition) is 5. The fourth-order valence-electron chi connectivity index (χ4n) is 4.42. The first kappa shape index (κ1) is 22.2. The number of urea groups is 1. The Kier molecular flexibility index (Phi) is 6.06. The molecule has 4 aromatic rings. The molecular formula is C25H26ClN5O3. The Bertz CT molecular complexity index is 1360. The second-order valence-corrected chi connectivity index (χ2v) is 8.54. The summed E-state index contributed by atoms with van der Waals surface area (Å²) < 4.78 is 12.8. The van der Waals surface area contributed by atoms with Gasteiger partial charge < -0.3 is 29.0 Å². The van der Waals surface area contributed by atoms with Gasteiger partial charge in [0.2, 0.25) is 0 Å². The summed E-state index contributed by atoms with van der Waals surface area (Å²) in [6.07, 6.45) is 2.89. The van der Waals surface area contributed by atoms with Gasteiger partial charge in [-0.05, 0) is 36.8 Å². The Labute approximate surface area is 202 Å². The number of carbonyl (C=O) groups is 1. The molecular weight excluding hydrogens is 454 g/mol. The van der Waals surface area contributed by atoms with Crippen LogP contribution in [0.1, 0.15) is 6.42 Å². The smallest absolute Gasteiger partial charge is 0.322 e. The van der Waals surface area contributed by atoms with Crippen LogP contribution in [0.15, 0.2) is 54.7 Å². The zero-order valence-electron chi connectivity index (χ0n) is 19.1. The molecule has 2 aromatic heterocycles. The largest absolute Gasteiger partial charge is 0.495 e. The Morgan fingerprint density at radius 3 is 2.59 bits per heavy atom. The van der Waals surface area contributed by atoms with Gasteiger partial charge in [0, 0.05) is 38.4 Å². The van der Waals surface area contributed by atoms with Crippen molar-refractivity contribution in [2.75, 3.05) is 50.6 Å². The molecule has 1 saturated heterocycles. The van der Waals surface area contributed by atoms with Crippen LogP contribution in [-0.4, -0.2) is 60.7 Å². The van der Waals surface area contributed by atoms with E-state index in [1.165, 1.54) is 7.11 Å². The summed E-state index contributed by atoms with van der Waals surface area (Å²) in [4.78, 5) is 22.1. The highest BCUT2D eigenvalue weighted by atomic mass is 35.5. The van der Waals surface area contributed by atoms with Gasteiger partial charge in [0.1, 0.15) is 11.5 Å². The van der Waals surface area contributed by atoms with Gasteiger partial charge in [0.25, 0.3) is 0 Å². The molecule has 0 radical (unpaired) electrons. The predicted molar refractivity (Wildman–Crippen MR) is 135 cm³/mol. The molecule has 0 unspecified atom stereocenters. The Hall–Kier alpha value is -3.65. The van der Waals surface area contributed by atoms with Gasteiger partial charge in [0.15, 0.2) is 5.82 Å². The molecule has 2 amide bonds. The fraction of sp³-hybridized carbons (Fsp3) is 0.280. The zero-order valence-corrected chi connectivity index (χ0v) is 19.9. The number of nitrogens with zero attached hydrogens (tertiary/aromatic N) is 4. The summed E-state index contributed by atoms with van der Waals surface area (Å²) in [5.74, 6) is 1.91. The van der Waals surface area contributed by atoms with Crippen molar-refractivity contribution in [2.45, 2.75) is 6.42 Å². The third-order valence-corrected chi connectivity index (χ3v) is 6.44. The number of amides is 2. The van der Waals surface area contributed by atoms with Crippen molar-refractivity contribution in [1.82, 2.24) is 14.3 Å². The van der Waals surface area contributed by atoms with Crippen molar-refractivity contribution in [1.29, 1.82) is 0 Å². The molecule has 9 heteroatoms. The molecule has 1 N–H and O–H groups in total. The van der Waals surface area contributed by atoms with E-state index in [1.807, 2.05) is 29.2 Å². The summed E-state index contributed by atoms with van der Waals surface area (Å²) in [6.45, 7) is 2.70. The van der Waals surface area contributed by atoms with E-state index in [1.54, 1.807) is 19.2 Å². The average molecular weight is 480 g/mol. The van der Waals surface area contributed by atoms with Crippen molar-refractivity contribution in [3.8, 4) is 11.5 Å². The van der Waals surface area contributed by atoms with Crippen molar-refractivity contribution >= 4 is 45.7 Å². The van der Waals surface area contributed by atoms with Gasteiger partial charge in [-0.2, -0.15) is 0 Å². The number of ether oxygens (including phenoxy) is 2. The first-order chi connectivity index (χ1) is 16.6. The van der Waals surface area contributed by atoms with Crippen LogP contribution in [0.25, 0.3) is 16.6 Å². The van der Waals surface area contributed by atoms with Gasteiger partial charge in [-0.25, -0.2) is 9.78 Å². The third-order valence-electron chi connectivity index (χ3n) is 6.14. The molecule has 1 fully saturated rings. The van der Waals surface area contributed by atoms with Gasteiger partial charge >= 0.3 is 6.03 Å². The summed E-state index contributed by atoms with van der Waals surface area (Å²) in [5.41, 5.74) is 3.59. The topological polar surface area (TPSA) is 71.3 Å². The number of hydrogen-bond donors (Lipinski definition) is 1. The molecule has 5 rings (SSSR count). The van der Waals surface area contributed by atoms with Crippen molar-refractivity contribution < 1.29 is 14.3 Å². The molecule has 8 nitrogen and oxygen atoms in total. The number of methoxy groups -OCH3 is 2. The van der Waals surface area contributed by atoms with Crippen molar-refractivity contribution in [3.05, 3.63) is 59.8 Å². The highest BCUT2D eigenvalue weighted by molar-refractivity contribution is 6.32. The van der Waals surface area contributed by atoms with Gasteiger partial charge in [0.05, 0.1) is 41.5 Å². The van der Waals surface area contributed by atoms with Gasteiger partial charge in [-0.15, -0.1) is 0 Å². The standard InChI is InChI=1S/C25H26ClN5O3/c1-33-22-16-23(34-2)19(15-17(22)26)28-25(32)30-11-6-10-29(13-14-30)24-21-9-5-12-31(21)20-8-4-3-7-18(20)27-24/h3-5,7-9,12,15-16H,6,10-11,13-14H2,1-2H3,(H,28,32). The summed E-state index contributed by atoms with van der Waals surface area (Å²) >= 11 is 6.26. The molecule has 2 aromatic carbocycles. The van der Waals surface area contributed by atoms with Crippen LogP contribution in [0.4, 0.5) is 16.3 Å². The molecule has 0 aliphatic carbocycles. The van der Waals surface area contributed by atoms with Crippen LogP contribution in [0.5, 0.6) is 11.5 Å². The van der Waals surface area contributed by atoms with E-state index in [0.29, 0.717) is 41.8 Å². The van der Waals surface area contributed by atoms with E-state index in [0.717, 1.165) is 35.3 Å². The van der Waals surface area contributed by atoms with Gasteiger partial charge in [-0.3, -0.25) is 0 Å². The lowest BCUT2D eigenvalue weighted by atomic mass is 10.2. The first-order valence-electron chi connectivity index (χ1n) is 11.2. The van der Waals surface area contributed by atoms with Crippen LogP contribution in [0, 0.1) is 0 Å². The van der Waals surface area contributed by atoms with Crippen LogP contribution in [-0.2, 0) is 0 Å². The molecule has 176 valence electrons. The predicted octanol–water partition coefficient (Wildman–Crippen LogP) is 4.90. The molecule has 3 heterocycles. The quantitative estimate of drug-likeness (QED) is 0.450. The number of anilines is 2. The second-order valence-electron chi connectivity index (χ2n) is 8.13. The molecule has 0 bridgehead atoms. The maximum absolute atomic E-state index is 13.1. The van der Waals surface area contributed by atoms with Crippen LogP contribution >= 0.6 is 11.6 Å². The second kappa shape index (κ2) is 9.30. The lowest BCUT2D eigenvalue weighted by molar-refractivity contribution is 0.215. The van der Waals surface area contributed by atoms with E-state index in [4.69, 9.17) is 26.1 Å². The Morgan fingerprint density at radius 1 is 0.971 bits per heavy atom. The number of aromatic nitrogens is 2. The molecule has 34 heavy (non-hydrogen) atoms. The van der Waals surface area contributed by atoms with Crippen molar-refractivity contribution in [3.63, 3.8) is 0 Å². The number of rotatable bonds is 4. The monoisotopic (exact) mass is 479 g/mol. The van der Waals surface area contributed by atoms with E-state index in [9.17, 15) is 4.79 Å². The minimum atomic E-state index is -0.194. The van der Waals surface area contributed by atoms with E-state index >= 15 is 0 Å². The minimum absolute atomic E-state index is 0.194. The number of carbonyl (C=O) groups excluding carboxylic acids is 1. The molecule has 1 aliphatic rings. The van der Waals surface area contributed by atoms with E-state index < -0.39 is 0 Å². The zero-order chi connectivity index (χ0) is 23.7. The Balaban J connectivity index is 1.35. The molecule has 0 atom stereocenters. The van der Waals surface area contributed by atoms with Crippen LogP contribution in [0.3, 0.4) is 0 Å². The van der Waals surface area contributed by atoms with E-state index in [2.05, 4.69) is 32.9 Å². The normalized spacial score (nSPS) is 14.3. The summed E-state index contributed by atoms with van der Waals surface area (Å²) in [7, 11) is 3.08. The van der Waals surface area contributed by atoms with E-state index in [-0.39, 0.29) is 6.03 Å². The molecule has 1 aliphatic heterocycles. The number of benzene rings is 2. The van der Waals surface area contributed by atoms with Crippen LogP contribution in [0.2, 0.25) is 5.02 Å². The SMILES string of the molecule is COc1cc(OC)c(NC(=O)N2CCCN(c3nc4ccccc4n4cccc34)CC2)cc1Cl. The number of halogens is 1. The third kappa shape index (κ3) is 4.05. The molecule has 0 spiro atoms. The first-order valence-corrected chi connectivity index (χ1v) is 11.5. The van der Waals surface area contributed by atoms with Gasteiger partial charge in [-0.1, -0.05) is 23.7 Å². The maximum Gasteiger partial charge on any atom is 0.322 e. The summed E-state index contributed by atoms with van der Waals surface area (Å²) in [6, 6.07) is 15.4. The Morgan fingerprint density at radius 2 is 1.76 bits per heavy atom. The highest BCUT2D eigenvalue weighted by Gasteiger charge is 2.23. The number of nitrogens with one attached hydrogen (secondary N) is 1. The molecule has 0 saturated carbocycles. The fourth-order valence-corrected chi connectivity index (χ4v) is 4.66. The van der Waals surface area contributed by atoms with Crippen LogP contribution < -0.4 is 19.7 Å². The van der Waals surface area contributed by atoms with Crippen molar-refractivity contribution in [2.24, 2.45) is 0 Å². The number of para-hydroxylation sites is 2.